The number of aromatic nitrogens is 3. The molecule has 0 aliphatic rings. The van der Waals surface area contributed by atoms with Crippen molar-refractivity contribution in [3.05, 3.63) is 35.4 Å². The van der Waals surface area contributed by atoms with Gasteiger partial charge in [-0.3, -0.25) is 4.40 Å². The van der Waals surface area contributed by atoms with Crippen molar-refractivity contribution in [2.24, 2.45) is 0 Å². The van der Waals surface area contributed by atoms with Gasteiger partial charge in [0.2, 0.25) is 5.65 Å². The fourth-order valence-electron chi connectivity index (χ4n) is 1.86. The summed E-state index contributed by atoms with van der Waals surface area (Å²) >= 11 is 5.65. The highest BCUT2D eigenvalue weighted by molar-refractivity contribution is 7.88. The van der Waals surface area contributed by atoms with E-state index in [1.807, 2.05) is 0 Å². The molecule has 0 saturated heterocycles. The highest BCUT2D eigenvalue weighted by Gasteiger charge is 2.49. The number of imidazole rings is 1. The Hall–Kier alpha value is -2.14. The summed E-state index contributed by atoms with van der Waals surface area (Å²) in [7, 11) is -5.94. The number of hydrogen-bond acceptors (Lipinski definition) is 5. The molecule has 0 N–H and O–H groups in total. The maximum Gasteiger partial charge on any atom is 0.534 e. The van der Waals surface area contributed by atoms with Crippen LogP contribution < -0.4 is 4.18 Å². The molecule has 0 aliphatic carbocycles. The standard InChI is InChI=1S/C11H4ClF4N3O3S/c12-5-1-2-6-8(7(5)13)19-4-3-17-9(19)10(18-6)22-23(20,21)11(14,15)16/h1-4H. The van der Waals surface area contributed by atoms with Crippen molar-refractivity contribution in [1.82, 2.24) is 14.4 Å². The molecule has 6 nitrogen and oxygen atoms in total. The van der Waals surface area contributed by atoms with Crippen LogP contribution in [0.25, 0.3) is 16.7 Å². The van der Waals surface area contributed by atoms with Crippen LogP contribution in [0.3, 0.4) is 0 Å². The minimum atomic E-state index is -5.94. The van der Waals surface area contributed by atoms with Crippen LogP contribution >= 0.6 is 11.6 Å². The molecule has 23 heavy (non-hydrogen) atoms. The van der Waals surface area contributed by atoms with Gasteiger partial charge in [0.15, 0.2) is 5.82 Å². The van der Waals surface area contributed by atoms with Gasteiger partial charge in [0.05, 0.1) is 10.5 Å². The van der Waals surface area contributed by atoms with Crippen molar-refractivity contribution in [2.45, 2.75) is 5.51 Å². The molecule has 2 heterocycles. The van der Waals surface area contributed by atoms with Crippen molar-refractivity contribution in [2.75, 3.05) is 0 Å². The highest BCUT2D eigenvalue weighted by Crippen LogP contribution is 2.31. The van der Waals surface area contributed by atoms with Gasteiger partial charge in [0.25, 0.3) is 5.88 Å². The normalized spacial score (nSPS) is 12.9. The Morgan fingerprint density at radius 1 is 1.26 bits per heavy atom. The van der Waals surface area contributed by atoms with Crippen LogP contribution in [0.2, 0.25) is 5.02 Å². The van der Waals surface area contributed by atoms with Crippen LogP contribution in [0.5, 0.6) is 5.88 Å². The number of fused-ring (bicyclic) bond motifs is 3. The molecule has 0 fully saturated rings. The first-order valence-corrected chi connectivity index (χ1v) is 7.52. The Morgan fingerprint density at radius 2 is 1.96 bits per heavy atom. The quantitative estimate of drug-likeness (QED) is 0.394. The zero-order chi connectivity index (χ0) is 17.0. The summed E-state index contributed by atoms with van der Waals surface area (Å²) in [5, 5.41) is -0.245. The van der Waals surface area contributed by atoms with E-state index >= 15 is 0 Å². The number of benzene rings is 1. The first-order chi connectivity index (χ1) is 10.6. The highest BCUT2D eigenvalue weighted by atomic mass is 35.5. The Balaban J connectivity index is 2.31. The molecule has 2 aromatic heterocycles. The zero-order valence-electron chi connectivity index (χ0n) is 10.7. The van der Waals surface area contributed by atoms with Crippen molar-refractivity contribution in [3.8, 4) is 5.88 Å². The molecule has 3 aromatic rings. The monoisotopic (exact) mass is 369 g/mol. The molecular weight excluding hydrogens is 366 g/mol. The van der Waals surface area contributed by atoms with Gasteiger partial charge in [0, 0.05) is 12.4 Å². The predicted molar refractivity (Wildman–Crippen MR) is 71.1 cm³/mol. The summed E-state index contributed by atoms with van der Waals surface area (Å²) in [5.41, 5.74) is -6.39. The molecule has 0 atom stereocenters. The van der Waals surface area contributed by atoms with Gasteiger partial charge >= 0.3 is 15.6 Å². The van der Waals surface area contributed by atoms with E-state index in [9.17, 15) is 26.0 Å². The largest absolute Gasteiger partial charge is 0.534 e. The van der Waals surface area contributed by atoms with Gasteiger partial charge in [-0.1, -0.05) is 11.6 Å². The van der Waals surface area contributed by atoms with E-state index in [1.165, 1.54) is 12.3 Å². The lowest BCUT2D eigenvalue weighted by atomic mass is 10.3. The second-order valence-electron chi connectivity index (χ2n) is 4.25. The molecule has 0 aliphatic heterocycles. The molecule has 1 aromatic carbocycles. The SMILES string of the molecule is O=S(=O)(Oc1nc2ccc(Cl)c(F)c2n2ccnc12)C(F)(F)F. The predicted octanol–water partition coefficient (Wildman–Crippen LogP) is 2.90. The number of nitrogens with zero attached hydrogens (tertiary/aromatic N) is 3. The van der Waals surface area contributed by atoms with E-state index in [4.69, 9.17) is 11.6 Å². The van der Waals surface area contributed by atoms with E-state index < -0.39 is 33.0 Å². The minimum absolute atomic E-state index is 0.162. The number of alkyl halides is 3. The maximum atomic E-state index is 14.1. The number of hydrogen-bond donors (Lipinski definition) is 0. The average Bonchev–Trinajstić information content (AvgIpc) is 2.91. The maximum absolute atomic E-state index is 14.1. The van der Waals surface area contributed by atoms with E-state index in [1.54, 1.807) is 0 Å². The van der Waals surface area contributed by atoms with Crippen LogP contribution in [-0.4, -0.2) is 28.3 Å². The molecule has 3 rings (SSSR count). The Labute approximate surface area is 130 Å². The van der Waals surface area contributed by atoms with Gasteiger partial charge in [-0.25, -0.2) is 14.4 Å². The average molecular weight is 370 g/mol. The fourth-order valence-corrected chi connectivity index (χ4v) is 2.42. The molecule has 0 radical (unpaired) electrons. The van der Waals surface area contributed by atoms with Gasteiger partial charge in [0.1, 0.15) is 5.52 Å². The van der Waals surface area contributed by atoms with Crippen LogP contribution in [0.15, 0.2) is 24.5 Å². The summed E-state index contributed by atoms with van der Waals surface area (Å²) in [4.78, 5) is 7.23. The first kappa shape index (κ1) is 15.7. The summed E-state index contributed by atoms with van der Waals surface area (Å²) in [6, 6.07) is 2.32. The van der Waals surface area contributed by atoms with Gasteiger partial charge in [-0.2, -0.15) is 21.6 Å². The number of halogens is 5. The Kier molecular flexibility index (Phi) is 3.37. The third kappa shape index (κ3) is 2.45. The lowest BCUT2D eigenvalue weighted by Gasteiger charge is -2.11. The molecule has 0 bridgehead atoms. The Morgan fingerprint density at radius 3 is 2.61 bits per heavy atom. The summed E-state index contributed by atoms with van der Waals surface area (Å²) in [6.45, 7) is 0. The molecule has 0 unspecified atom stereocenters. The third-order valence-corrected chi connectivity index (χ3v) is 4.05. The van der Waals surface area contributed by atoms with E-state index in [0.29, 0.717) is 0 Å². The number of rotatable bonds is 2. The van der Waals surface area contributed by atoms with Crippen molar-refractivity contribution in [1.29, 1.82) is 0 Å². The molecule has 12 heteroatoms. The van der Waals surface area contributed by atoms with Crippen LogP contribution in [0.4, 0.5) is 17.6 Å². The van der Waals surface area contributed by atoms with Crippen molar-refractivity contribution in [3.63, 3.8) is 0 Å². The van der Waals surface area contributed by atoms with Gasteiger partial charge in [-0.05, 0) is 12.1 Å². The first-order valence-electron chi connectivity index (χ1n) is 5.73. The zero-order valence-corrected chi connectivity index (χ0v) is 12.2. The smallest absolute Gasteiger partial charge is 0.351 e. The minimum Gasteiger partial charge on any atom is -0.351 e. The summed E-state index contributed by atoms with van der Waals surface area (Å²) < 4.78 is 78.7. The van der Waals surface area contributed by atoms with E-state index in [2.05, 4.69) is 14.2 Å². The summed E-state index contributed by atoms with van der Waals surface area (Å²) in [6.07, 6.45) is 2.32. The third-order valence-electron chi connectivity index (χ3n) is 2.81. The lowest BCUT2D eigenvalue weighted by Crippen LogP contribution is -2.28. The second-order valence-corrected chi connectivity index (χ2v) is 6.20. The molecule has 0 saturated carbocycles. The summed E-state index contributed by atoms with van der Waals surface area (Å²) in [5.74, 6) is -1.81. The van der Waals surface area contributed by atoms with Crippen molar-refractivity contribution >= 4 is 38.4 Å². The van der Waals surface area contributed by atoms with E-state index in [-0.39, 0.29) is 16.1 Å². The lowest BCUT2D eigenvalue weighted by molar-refractivity contribution is -0.0500. The van der Waals surface area contributed by atoms with Crippen LogP contribution in [0.1, 0.15) is 0 Å². The van der Waals surface area contributed by atoms with Gasteiger partial charge < -0.3 is 4.18 Å². The molecule has 0 amide bonds. The Bertz CT molecular complexity index is 1030. The van der Waals surface area contributed by atoms with Crippen molar-refractivity contribution < 1.29 is 30.2 Å². The molecule has 122 valence electrons. The molecule has 0 spiro atoms. The fraction of sp³-hybridized carbons (Fsp3) is 0.0909. The van der Waals surface area contributed by atoms with Gasteiger partial charge in [-0.15, -0.1) is 0 Å². The van der Waals surface area contributed by atoms with Crippen LogP contribution in [0, 0.1) is 5.82 Å². The topological polar surface area (TPSA) is 73.6 Å². The van der Waals surface area contributed by atoms with Crippen LogP contribution in [-0.2, 0) is 10.1 Å². The molecular formula is C11H4ClF4N3O3S. The second kappa shape index (κ2) is 4.93. The van der Waals surface area contributed by atoms with E-state index in [0.717, 1.165) is 16.7 Å².